The standard InChI is InChI=1S/C16H24N2O/c1-3-14-10-8-9-13-18(14)16(19)17(4-2)15-11-6-5-7-12-15/h5-7,11-12,14H,3-4,8-10,13H2,1-2H3. The maximum Gasteiger partial charge on any atom is 0.324 e. The molecule has 1 saturated heterocycles. The van der Waals surface area contributed by atoms with Gasteiger partial charge in [0.1, 0.15) is 0 Å². The average molecular weight is 260 g/mol. The zero-order valence-corrected chi connectivity index (χ0v) is 12.0. The molecule has 1 aliphatic rings. The SMILES string of the molecule is CCC1CCCCN1C(=O)N(CC)c1ccccc1. The molecular weight excluding hydrogens is 236 g/mol. The molecule has 3 nitrogen and oxygen atoms in total. The molecule has 1 atom stereocenters. The zero-order chi connectivity index (χ0) is 13.7. The van der Waals surface area contributed by atoms with Gasteiger partial charge >= 0.3 is 6.03 Å². The Balaban J connectivity index is 2.16. The lowest BCUT2D eigenvalue weighted by molar-refractivity contribution is 0.155. The van der Waals surface area contributed by atoms with Crippen LogP contribution in [0.4, 0.5) is 10.5 Å². The Morgan fingerprint density at radius 3 is 2.63 bits per heavy atom. The Kier molecular flexibility index (Phi) is 4.83. The molecule has 1 aromatic rings. The van der Waals surface area contributed by atoms with E-state index in [1.165, 1.54) is 6.42 Å². The molecule has 0 spiro atoms. The van der Waals surface area contributed by atoms with E-state index in [0.29, 0.717) is 6.04 Å². The summed E-state index contributed by atoms with van der Waals surface area (Å²) >= 11 is 0. The first kappa shape index (κ1) is 13.9. The Morgan fingerprint density at radius 2 is 2.00 bits per heavy atom. The van der Waals surface area contributed by atoms with Gasteiger partial charge in [-0.3, -0.25) is 4.90 Å². The summed E-state index contributed by atoms with van der Waals surface area (Å²) in [4.78, 5) is 16.7. The Morgan fingerprint density at radius 1 is 1.26 bits per heavy atom. The maximum atomic E-state index is 12.8. The number of amides is 2. The number of urea groups is 1. The molecular formula is C16H24N2O. The number of rotatable bonds is 3. The van der Waals surface area contributed by atoms with Crippen molar-refractivity contribution in [2.75, 3.05) is 18.0 Å². The first-order chi connectivity index (χ1) is 9.27. The topological polar surface area (TPSA) is 23.6 Å². The summed E-state index contributed by atoms with van der Waals surface area (Å²) in [5, 5.41) is 0. The lowest BCUT2D eigenvalue weighted by Gasteiger charge is -2.38. The molecule has 19 heavy (non-hydrogen) atoms. The normalized spacial score (nSPS) is 19.3. The van der Waals surface area contributed by atoms with E-state index in [9.17, 15) is 4.79 Å². The summed E-state index contributed by atoms with van der Waals surface area (Å²) in [7, 11) is 0. The highest BCUT2D eigenvalue weighted by Crippen LogP contribution is 2.23. The van der Waals surface area contributed by atoms with Crippen LogP contribution >= 0.6 is 0 Å². The molecule has 1 fully saturated rings. The van der Waals surface area contributed by atoms with Gasteiger partial charge in [-0.05, 0) is 44.7 Å². The highest BCUT2D eigenvalue weighted by molar-refractivity contribution is 5.92. The molecule has 104 valence electrons. The first-order valence-electron chi connectivity index (χ1n) is 7.41. The van der Waals surface area contributed by atoms with Gasteiger partial charge in [-0.2, -0.15) is 0 Å². The van der Waals surface area contributed by atoms with Crippen molar-refractivity contribution >= 4 is 11.7 Å². The smallest absolute Gasteiger partial charge is 0.321 e. The zero-order valence-electron chi connectivity index (χ0n) is 12.0. The molecule has 0 aliphatic carbocycles. The molecule has 0 radical (unpaired) electrons. The predicted octanol–water partition coefficient (Wildman–Crippen LogP) is 3.90. The highest BCUT2D eigenvalue weighted by atomic mass is 16.2. The highest BCUT2D eigenvalue weighted by Gasteiger charge is 2.28. The number of piperidine rings is 1. The van der Waals surface area contributed by atoms with Gasteiger partial charge in [0, 0.05) is 24.8 Å². The van der Waals surface area contributed by atoms with E-state index in [4.69, 9.17) is 0 Å². The van der Waals surface area contributed by atoms with Crippen molar-refractivity contribution in [2.45, 2.75) is 45.6 Å². The van der Waals surface area contributed by atoms with Crippen LogP contribution < -0.4 is 4.90 Å². The van der Waals surface area contributed by atoms with Crippen molar-refractivity contribution in [3.8, 4) is 0 Å². The molecule has 1 unspecified atom stereocenters. The van der Waals surface area contributed by atoms with Crippen molar-refractivity contribution in [3.63, 3.8) is 0 Å². The van der Waals surface area contributed by atoms with Crippen molar-refractivity contribution in [2.24, 2.45) is 0 Å². The number of likely N-dealkylation sites (tertiary alicyclic amines) is 1. The predicted molar refractivity (Wildman–Crippen MR) is 79.5 cm³/mol. The van der Waals surface area contributed by atoms with Crippen molar-refractivity contribution in [3.05, 3.63) is 30.3 Å². The number of hydrogen-bond donors (Lipinski definition) is 0. The monoisotopic (exact) mass is 260 g/mol. The quantitative estimate of drug-likeness (QED) is 0.808. The van der Waals surface area contributed by atoms with Crippen molar-refractivity contribution in [1.82, 2.24) is 4.90 Å². The third kappa shape index (κ3) is 3.09. The molecule has 1 heterocycles. The van der Waals surface area contributed by atoms with Crippen LogP contribution in [0.2, 0.25) is 0 Å². The lowest BCUT2D eigenvalue weighted by atomic mass is 10.0. The fourth-order valence-electron chi connectivity index (χ4n) is 2.87. The number of para-hydroxylation sites is 1. The molecule has 1 aliphatic heterocycles. The molecule has 0 aromatic heterocycles. The average Bonchev–Trinajstić information content (AvgIpc) is 2.49. The third-order valence-corrected chi connectivity index (χ3v) is 3.96. The van der Waals surface area contributed by atoms with E-state index in [-0.39, 0.29) is 6.03 Å². The van der Waals surface area contributed by atoms with E-state index in [1.54, 1.807) is 0 Å². The number of hydrogen-bond acceptors (Lipinski definition) is 1. The van der Waals surface area contributed by atoms with Crippen molar-refractivity contribution < 1.29 is 4.79 Å². The van der Waals surface area contributed by atoms with E-state index >= 15 is 0 Å². The number of nitrogens with zero attached hydrogens (tertiary/aromatic N) is 2. The summed E-state index contributed by atoms with van der Waals surface area (Å²) in [5.41, 5.74) is 0.996. The number of benzene rings is 1. The summed E-state index contributed by atoms with van der Waals surface area (Å²) < 4.78 is 0. The van der Waals surface area contributed by atoms with Crippen molar-refractivity contribution in [1.29, 1.82) is 0 Å². The second-order valence-corrected chi connectivity index (χ2v) is 5.11. The van der Waals surface area contributed by atoms with Gasteiger partial charge in [0.05, 0.1) is 0 Å². The van der Waals surface area contributed by atoms with Gasteiger partial charge in [-0.15, -0.1) is 0 Å². The molecule has 0 bridgehead atoms. The maximum absolute atomic E-state index is 12.8. The van der Waals surface area contributed by atoms with Crippen LogP contribution in [0.5, 0.6) is 0 Å². The number of carbonyl (C=O) groups is 1. The second kappa shape index (κ2) is 6.60. The van der Waals surface area contributed by atoms with Crippen LogP contribution in [0, 0.1) is 0 Å². The summed E-state index contributed by atoms with van der Waals surface area (Å²) in [6.45, 7) is 5.83. The van der Waals surface area contributed by atoms with Crippen LogP contribution in [0.1, 0.15) is 39.5 Å². The van der Waals surface area contributed by atoms with E-state index in [2.05, 4.69) is 11.8 Å². The van der Waals surface area contributed by atoms with Gasteiger partial charge in [-0.25, -0.2) is 4.79 Å². The van der Waals surface area contributed by atoms with Crippen LogP contribution in [-0.4, -0.2) is 30.1 Å². The van der Waals surface area contributed by atoms with Gasteiger partial charge in [0.2, 0.25) is 0 Å². The molecule has 1 aromatic carbocycles. The van der Waals surface area contributed by atoms with Gasteiger partial charge in [0.25, 0.3) is 0 Å². The fraction of sp³-hybridized carbons (Fsp3) is 0.562. The molecule has 2 rings (SSSR count). The first-order valence-corrected chi connectivity index (χ1v) is 7.41. The Hall–Kier alpha value is -1.51. The Labute approximate surface area is 116 Å². The number of anilines is 1. The number of carbonyl (C=O) groups excluding carboxylic acids is 1. The minimum atomic E-state index is 0.167. The van der Waals surface area contributed by atoms with E-state index in [1.807, 2.05) is 42.2 Å². The minimum absolute atomic E-state index is 0.167. The molecule has 0 N–H and O–H groups in total. The molecule has 3 heteroatoms. The van der Waals surface area contributed by atoms with Crippen LogP contribution in [0.15, 0.2) is 30.3 Å². The second-order valence-electron chi connectivity index (χ2n) is 5.11. The molecule has 2 amide bonds. The van der Waals surface area contributed by atoms with Gasteiger partial charge in [-0.1, -0.05) is 25.1 Å². The summed E-state index contributed by atoms with van der Waals surface area (Å²) in [6.07, 6.45) is 4.58. The largest absolute Gasteiger partial charge is 0.324 e. The summed E-state index contributed by atoms with van der Waals surface area (Å²) in [5.74, 6) is 0. The van der Waals surface area contributed by atoms with Gasteiger partial charge < -0.3 is 4.90 Å². The third-order valence-electron chi connectivity index (χ3n) is 3.96. The van der Waals surface area contributed by atoms with Crippen LogP contribution in [-0.2, 0) is 0 Å². The fourth-order valence-corrected chi connectivity index (χ4v) is 2.87. The lowest BCUT2D eigenvalue weighted by Crippen LogP contribution is -2.50. The van der Waals surface area contributed by atoms with E-state index < -0.39 is 0 Å². The van der Waals surface area contributed by atoms with Crippen LogP contribution in [0.3, 0.4) is 0 Å². The van der Waals surface area contributed by atoms with Gasteiger partial charge in [0.15, 0.2) is 0 Å². The van der Waals surface area contributed by atoms with Crippen LogP contribution in [0.25, 0.3) is 0 Å². The summed E-state index contributed by atoms with van der Waals surface area (Å²) in [6, 6.07) is 10.5. The Bertz CT molecular complexity index is 404. The minimum Gasteiger partial charge on any atom is -0.321 e. The van der Waals surface area contributed by atoms with E-state index in [0.717, 1.165) is 38.0 Å². The molecule has 0 saturated carbocycles.